The van der Waals surface area contributed by atoms with Crippen molar-refractivity contribution in [1.82, 2.24) is 5.32 Å². The molecule has 0 fully saturated rings. The van der Waals surface area contributed by atoms with Crippen molar-refractivity contribution in [1.29, 1.82) is 0 Å². The Morgan fingerprint density at radius 2 is 2.00 bits per heavy atom. The van der Waals surface area contributed by atoms with Gasteiger partial charge >= 0.3 is 0 Å². The fourth-order valence-corrected chi connectivity index (χ4v) is 1.93. The van der Waals surface area contributed by atoms with Gasteiger partial charge in [-0.15, -0.1) is 11.8 Å². The Morgan fingerprint density at radius 1 is 1.20 bits per heavy atom. The molecule has 1 amide bonds. The molecule has 3 heteroatoms. The minimum atomic E-state index is -0.0138. The molecule has 0 bridgehead atoms. The number of carbonyl (C=O) groups excluding carboxylic acids is 1. The van der Waals surface area contributed by atoms with Crippen LogP contribution in [0.3, 0.4) is 0 Å². The maximum absolute atomic E-state index is 11.6. The summed E-state index contributed by atoms with van der Waals surface area (Å²) in [5, 5.41) is 6.46. The first-order valence-corrected chi connectivity index (χ1v) is 5.65. The lowest BCUT2D eigenvalue weighted by atomic mass is 10.1. The van der Waals surface area contributed by atoms with E-state index >= 15 is 0 Å². The molecule has 0 radical (unpaired) electrons. The molecule has 76 valence electrons. The summed E-state index contributed by atoms with van der Waals surface area (Å²) >= 11 is 1.52. The van der Waals surface area contributed by atoms with Gasteiger partial charge in [0.25, 0.3) is 5.91 Å². The fourth-order valence-electron chi connectivity index (χ4n) is 1.35. The van der Waals surface area contributed by atoms with E-state index in [1.54, 1.807) is 6.20 Å². The van der Waals surface area contributed by atoms with Crippen LogP contribution in [0, 0.1) is 0 Å². The number of amides is 1. The first-order chi connectivity index (χ1) is 7.36. The lowest BCUT2D eigenvalue weighted by Gasteiger charge is -2.04. The van der Waals surface area contributed by atoms with E-state index in [1.165, 1.54) is 11.8 Å². The standard InChI is InChI=1S/C12H11NOS/c14-12-11(9-15-7-6-13-12)8-10-4-2-1-3-5-10/h1-7,9H,8H2,(H,13,14). The first kappa shape index (κ1) is 10.1. The number of hydrogen-bond donors (Lipinski definition) is 1. The highest BCUT2D eigenvalue weighted by Gasteiger charge is 2.09. The summed E-state index contributed by atoms with van der Waals surface area (Å²) < 4.78 is 0. The van der Waals surface area contributed by atoms with Crippen LogP contribution < -0.4 is 5.32 Å². The molecule has 1 aromatic carbocycles. The van der Waals surface area contributed by atoms with E-state index in [1.807, 2.05) is 41.1 Å². The molecule has 1 aliphatic heterocycles. The maximum Gasteiger partial charge on any atom is 0.252 e. The molecular weight excluding hydrogens is 206 g/mol. The number of hydrogen-bond acceptors (Lipinski definition) is 2. The van der Waals surface area contributed by atoms with E-state index < -0.39 is 0 Å². The van der Waals surface area contributed by atoms with Gasteiger partial charge in [0.15, 0.2) is 0 Å². The lowest BCUT2D eigenvalue weighted by molar-refractivity contribution is -0.116. The smallest absolute Gasteiger partial charge is 0.252 e. The highest BCUT2D eigenvalue weighted by Crippen LogP contribution is 2.16. The van der Waals surface area contributed by atoms with Crippen LogP contribution in [-0.2, 0) is 11.2 Å². The van der Waals surface area contributed by atoms with Gasteiger partial charge in [0.2, 0.25) is 0 Å². The molecular formula is C12H11NOS. The van der Waals surface area contributed by atoms with Crippen molar-refractivity contribution < 1.29 is 4.79 Å². The molecule has 0 aliphatic carbocycles. The molecule has 2 nitrogen and oxygen atoms in total. The molecule has 0 spiro atoms. The molecule has 2 rings (SSSR count). The van der Waals surface area contributed by atoms with E-state index in [-0.39, 0.29) is 5.91 Å². The third-order valence-electron chi connectivity index (χ3n) is 2.10. The second kappa shape index (κ2) is 4.84. The van der Waals surface area contributed by atoms with Gasteiger partial charge in [-0.3, -0.25) is 4.79 Å². The molecule has 1 N–H and O–H groups in total. The topological polar surface area (TPSA) is 29.1 Å². The molecule has 0 atom stereocenters. The summed E-state index contributed by atoms with van der Waals surface area (Å²) in [7, 11) is 0. The van der Waals surface area contributed by atoms with Crippen molar-refractivity contribution in [2.45, 2.75) is 6.42 Å². The second-order valence-electron chi connectivity index (χ2n) is 3.22. The lowest BCUT2D eigenvalue weighted by Crippen LogP contribution is -2.19. The fraction of sp³-hybridized carbons (Fsp3) is 0.0833. The summed E-state index contributed by atoms with van der Waals surface area (Å²) in [5.74, 6) is -0.0138. The second-order valence-corrected chi connectivity index (χ2v) is 4.00. The molecule has 1 heterocycles. The average molecular weight is 217 g/mol. The van der Waals surface area contributed by atoms with E-state index in [2.05, 4.69) is 5.32 Å². The summed E-state index contributed by atoms with van der Waals surface area (Å²) in [4.78, 5) is 11.6. The SMILES string of the molecule is O=C1NC=CSC=C1Cc1ccccc1. The molecule has 0 saturated heterocycles. The summed E-state index contributed by atoms with van der Waals surface area (Å²) in [6, 6.07) is 9.99. The van der Waals surface area contributed by atoms with E-state index in [9.17, 15) is 4.79 Å². The maximum atomic E-state index is 11.6. The predicted molar refractivity (Wildman–Crippen MR) is 63.1 cm³/mol. The van der Waals surface area contributed by atoms with Crippen molar-refractivity contribution in [3.63, 3.8) is 0 Å². The zero-order valence-electron chi connectivity index (χ0n) is 8.14. The van der Waals surface area contributed by atoms with Crippen molar-refractivity contribution >= 4 is 17.7 Å². The third-order valence-corrected chi connectivity index (χ3v) is 2.81. The van der Waals surface area contributed by atoms with Crippen molar-refractivity contribution in [3.05, 3.63) is 58.5 Å². The zero-order chi connectivity index (χ0) is 10.5. The predicted octanol–water partition coefficient (Wildman–Crippen LogP) is 2.45. The third kappa shape index (κ3) is 2.73. The van der Waals surface area contributed by atoms with E-state index in [4.69, 9.17) is 0 Å². The molecule has 1 aromatic rings. The normalized spacial score (nSPS) is 15.5. The van der Waals surface area contributed by atoms with Crippen LogP contribution in [0.5, 0.6) is 0 Å². The molecule has 0 unspecified atom stereocenters. The van der Waals surface area contributed by atoms with Gasteiger partial charge in [-0.2, -0.15) is 0 Å². The van der Waals surface area contributed by atoms with Crippen LogP contribution in [-0.4, -0.2) is 5.91 Å². The van der Waals surface area contributed by atoms with Crippen LogP contribution in [0.2, 0.25) is 0 Å². The monoisotopic (exact) mass is 217 g/mol. The average Bonchev–Trinajstić information content (AvgIpc) is 2.46. The number of rotatable bonds is 2. The molecule has 0 saturated carbocycles. The quantitative estimate of drug-likeness (QED) is 0.824. The Hall–Kier alpha value is -1.48. The summed E-state index contributed by atoms with van der Waals surface area (Å²) in [6.45, 7) is 0. The van der Waals surface area contributed by atoms with Crippen LogP contribution in [0.4, 0.5) is 0 Å². The van der Waals surface area contributed by atoms with Crippen molar-refractivity contribution in [2.75, 3.05) is 0 Å². The van der Waals surface area contributed by atoms with E-state index in [0.29, 0.717) is 6.42 Å². The van der Waals surface area contributed by atoms with E-state index in [0.717, 1.165) is 11.1 Å². The van der Waals surface area contributed by atoms with Gasteiger partial charge in [-0.25, -0.2) is 0 Å². The number of benzene rings is 1. The zero-order valence-corrected chi connectivity index (χ0v) is 8.96. The van der Waals surface area contributed by atoms with Crippen molar-refractivity contribution in [2.24, 2.45) is 0 Å². The van der Waals surface area contributed by atoms with Gasteiger partial charge < -0.3 is 5.32 Å². The van der Waals surface area contributed by atoms with Crippen molar-refractivity contribution in [3.8, 4) is 0 Å². The number of thioether (sulfide) groups is 1. The Kier molecular flexibility index (Phi) is 3.25. The minimum Gasteiger partial charge on any atom is -0.328 e. The first-order valence-electron chi connectivity index (χ1n) is 4.70. The van der Waals surface area contributed by atoms with Crippen LogP contribution >= 0.6 is 11.8 Å². The minimum absolute atomic E-state index is 0.0138. The van der Waals surface area contributed by atoms with Gasteiger partial charge in [-0.1, -0.05) is 30.3 Å². The van der Waals surface area contributed by atoms with Gasteiger partial charge in [0, 0.05) is 18.2 Å². The highest BCUT2D eigenvalue weighted by molar-refractivity contribution is 8.04. The largest absolute Gasteiger partial charge is 0.328 e. The number of carbonyl (C=O) groups is 1. The van der Waals surface area contributed by atoms with Crippen LogP contribution in [0.15, 0.2) is 52.9 Å². The molecule has 0 aromatic heterocycles. The Labute approximate surface area is 93.1 Å². The van der Waals surface area contributed by atoms with Gasteiger partial charge in [0.05, 0.1) is 0 Å². The Morgan fingerprint density at radius 3 is 2.80 bits per heavy atom. The van der Waals surface area contributed by atoms with Crippen LogP contribution in [0.25, 0.3) is 0 Å². The van der Waals surface area contributed by atoms with Gasteiger partial charge in [0.1, 0.15) is 0 Å². The number of nitrogens with one attached hydrogen (secondary N) is 1. The molecule has 15 heavy (non-hydrogen) atoms. The molecule has 1 aliphatic rings. The highest BCUT2D eigenvalue weighted by atomic mass is 32.2. The van der Waals surface area contributed by atoms with Crippen LogP contribution in [0.1, 0.15) is 5.56 Å². The Bertz CT molecular complexity index is 409. The summed E-state index contributed by atoms with van der Waals surface area (Å²) in [6.07, 6.45) is 2.35. The van der Waals surface area contributed by atoms with Gasteiger partial charge in [-0.05, 0) is 16.4 Å². The summed E-state index contributed by atoms with van der Waals surface area (Å²) in [5.41, 5.74) is 1.96. The Balaban J connectivity index is 2.12.